The number of hydrogen-bond donors (Lipinski definition) is 2. The number of hydrazine groups is 1. The number of aromatic nitrogens is 1. The number of rotatable bonds is 3. The van der Waals surface area contributed by atoms with Gasteiger partial charge in [-0.25, -0.2) is 0 Å². The average molecular weight is 308 g/mol. The van der Waals surface area contributed by atoms with Gasteiger partial charge in [0.2, 0.25) is 0 Å². The molecule has 20 heavy (non-hydrogen) atoms. The van der Waals surface area contributed by atoms with E-state index in [9.17, 15) is 0 Å². The van der Waals surface area contributed by atoms with Crippen LogP contribution in [-0.2, 0) is 6.42 Å². The summed E-state index contributed by atoms with van der Waals surface area (Å²) in [5.41, 5.74) is 6.26. The van der Waals surface area contributed by atoms with E-state index >= 15 is 0 Å². The highest BCUT2D eigenvalue weighted by atomic mass is 35.5. The van der Waals surface area contributed by atoms with Gasteiger partial charge < -0.3 is 0 Å². The molecule has 0 spiro atoms. The molecule has 0 saturated heterocycles. The van der Waals surface area contributed by atoms with E-state index in [1.54, 1.807) is 6.07 Å². The molecule has 2 atom stereocenters. The first kappa shape index (κ1) is 13.8. The Morgan fingerprint density at radius 2 is 2.15 bits per heavy atom. The van der Waals surface area contributed by atoms with Crippen molar-refractivity contribution in [1.29, 1.82) is 0 Å². The third kappa shape index (κ3) is 2.42. The summed E-state index contributed by atoms with van der Waals surface area (Å²) in [6.45, 7) is 0. The predicted molar refractivity (Wildman–Crippen MR) is 81.8 cm³/mol. The summed E-state index contributed by atoms with van der Waals surface area (Å²) in [4.78, 5) is 4.52. The summed E-state index contributed by atoms with van der Waals surface area (Å²) >= 11 is 12.3. The van der Waals surface area contributed by atoms with Gasteiger partial charge >= 0.3 is 0 Å². The molecule has 1 aliphatic rings. The van der Waals surface area contributed by atoms with Crippen molar-refractivity contribution in [3.8, 4) is 0 Å². The van der Waals surface area contributed by atoms with Crippen LogP contribution in [0.25, 0.3) is 0 Å². The number of nitrogens with zero attached hydrogens (tertiary/aromatic N) is 1. The van der Waals surface area contributed by atoms with Crippen LogP contribution in [0.2, 0.25) is 10.0 Å². The number of pyridine rings is 1. The molecule has 5 heteroatoms. The van der Waals surface area contributed by atoms with Gasteiger partial charge in [0.1, 0.15) is 0 Å². The normalized spacial score (nSPS) is 18.9. The van der Waals surface area contributed by atoms with Crippen LogP contribution < -0.4 is 11.3 Å². The predicted octanol–water partition coefficient (Wildman–Crippen LogP) is 3.62. The quantitative estimate of drug-likeness (QED) is 0.672. The minimum Gasteiger partial charge on any atom is -0.271 e. The Bertz CT molecular complexity index is 630. The summed E-state index contributed by atoms with van der Waals surface area (Å²) in [5.74, 6) is 6.01. The molecule has 1 aromatic carbocycles. The van der Waals surface area contributed by atoms with Gasteiger partial charge in [-0.2, -0.15) is 0 Å². The van der Waals surface area contributed by atoms with Crippen molar-refractivity contribution in [1.82, 2.24) is 10.4 Å². The number of nitrogens with two attached hydrogens (primary N) is 1. The Kier molecular flexibility index (Phi) is 3.94. The van der Waals surface area contributed by atoms with Gasteiger partial charge in [-0.15, -0.1) is 0 Å². The second-order valence-corrected chi connectivity index (χ2v) is 5.85. The molecule has 3 nitrogen and oxygen atoms in total. The molecular formula is C15H15Cl2N3. The Balaban J connectivity index is 1.99. The Morgan fingerprint density at radius 3 is 2.90 bits per heavy atom. The largest absolute Gasteiger partial charge is 0.271 e. The molecule has 0 aliphatic heterocycles. The minimum atomic E-state index is -0.0593. The molecule has 2 aromatic rings. The lowest BCUT2D eigenvalue weighted by Crippen LogP contribution is -2.32. The maximum atomic E-state index is 6.31. The second-order valence-electron chi connectivity index (χ2n) is 5.00. The SMILES string of the molecule is NNC(c1ccc(Cl)cc1Cl)C1CCc2cccnc21. The average Bonchev–Trinajstić information content (AvgIpc) is 2.86. The molecule has 0 fully saturated rings. The maximum Gasteiger partial charge on any atom is 0.0558 e. The van der Waals surface area contributed by atoms with Crippen molar-refractivity contribution in [3.05, 3.63) is 63.4 Å². The maximum absolute atomic E-state index is 6.31. The molecule has 0 bridgehead atoms. The van der Waals surface area contributed by atoms with Gasteiger partial charge in [0.15, 0.2) is 0 Å². The standard InChI is InChI=1S/C15H15Cl2N3/c16-10-4-6-11(13(17)8-10)15(20-18)12-5-3-9-2-1-7-19-14(9)12/h1-2,4,6-8,12,15,20H,3,5,18H2. The molecule has 1 aliphatic carbocycles. The highest BCUT2D eigenvalue weighted by molar-refractivity contribution is 6.35. The van der Waals surface area contributed by atoms with Crippen molar-refractivity contribution in [3.63, 3.8) is 0 Å². The van der Waals surface area contributed by atoms with E-state index in [0.717, 1.165) is 24.1 Å². The fraction of sp³-hybridized carbons (Fsp3) is 0.267. The first-order chi connectivity index (χ1) is 9.70. The van der Waals surface area contributed by atoms with Gasteiger partial charge in [-0.3, -0.25) is 16.3 Å². The summed E-state index contributed by atoms with van der Waals surface area (Å²) in [6, 6.07) is 9.55. The van der Waals surface area contributed by atoms with E-state index in [2.05, 4.69) is 16.5 Å². The summed E-state index contributed by atoms with van der Waals surface area (Å²) in [5, 5.41) is 1.25. The smallest absolute Gasteiger partial charge is 0.0558 e. The van der Waals surface area contributed by atoms with Crippen LogP contribution in [0.5, 0.6) is 0 Å². The zero-order chi connectivity index (χ0) is 14.1. The molecule has 1 heterocycles. The zero-order valence-corrected chi connectivity index (χ0v) is 12.3. The third-order valence-electron chi connectivity index (χ3n) is 3.88. The number of fused-ring (bicyclic) bond motifs is 1. The van der Waals surface area contributed by atoms with Crippen molar-refractivity contribution < 1.29 is 0 Å². The van der Waals surface area contributed by atoms with E-state index in [0.29, 0.717) is 10.0 Å². The van der Waals surface area contributed by atoms with Crippen LogP contribution in [0.15, 0.2) is 36.5 Å². The number of hydrogen-bond acceptors (Lipinski definition) is 3. The van der Waals surface area contributed by atoms with Gasteiger partial charge in [0, 0.05) is 27.9 Å². The molecule has 3 N–H and O–H groups in total. The highest BCUT2D eigenvalue weighted by Gasteiger charge is 2.32. The lowest BCUT2D eigenvalue weighted by Gasteiger charge is -2.24. The summed E-state index contributed by atoms with van der Waals surface area (Å²) < 4.78 is 0. The van der Waals surface area contributed by atoms with Crippen molar-refractivity contribution in [2.45, 2.75) is 24.8 Å². The number of halogens is 2. The molecule has 0 saturated carbocycles. The first-order valence-corrected chi connectivity index (χ1v) is 7.31. The summed E-state index contributed by atoms with van der Waals surface area (Å²) in [6.07, 6.45) is 3.87. The van der Waals surface area contributed by atoms with E-state index in [4.69, 9.17) is 29.0 Å². The molecule has 0 radical (unpaired) electrons. The fourth-order valence-corrected chi connectivity index (χ4v) is 3.47. The van der Waals surface area contributed by atoms with Crippen LogP contribution >= 0.6 is 23.2 Å². The van der Waals surface area contributed by atoms with Gasteiger partial charge in [0.05, 0.1) is 6.04 Å². The van der Waals surface area contributed by atoms with Crippen LogP contribution in [-0.4, -0.2) is 4.98 Å². The molecule has 1 aromatic heterocycles. The van der Waals surface area contributed by atoms with Gasteiger partial charge in [0.25, 0.3) is 0 Å². The molecule has 2 unspecified atom stereocenters. The molecular weight excluding hydrogens is 293 g/mol. The van der Waals surface area contributed by atoms with E-state index in [1.165, 1.54) is 5.56 Å². The second kappa shape index (κ2) is 5.70. The van der Waals surface area contributed by atoms with Gasteiger partial charge in [-0.05, 0) is 42.2 Å². The number of nitrogens with one attached hydrogen (secondary N) is 1. The lowest BCUT2D eigenvalue weighted by atomic mass is 9.91. The topological polar surface area (TPSA) is 50.9 Å². The highest BCUT2D eigenvalue weighted by Crippen LogP contribution is 2.42. The first-order valence-electron chi connectivity index (χ1n) is 6.55. The molecule has 3 rings (SSSR count). The van der Waals surface area contributed by atoms with Crippen LogP contribution in [0.1, 0.15) is 35.2 Å². The summed E-state index contributed by atoms with van der Waals surface area (Å²) in [7, 11) is 0. The third-order valence-corrected chi connectivity index (χ3v) is 4.44. The zero-order valence-electron chi connectivity index (χ0n) is 10.8. The van der Waals surface area contributed by atoms with Gasteiger partial charge in [-0.1, -0.05) is 35.3 Å². The molecule has 0 amide bonds. The fourth-order valence-electron chi connectivity index (χ4n) is 2.94. The van der Waals surface area contributed by atoms with Crippen LogP contribution in [0.4, 0.5) is 0 Å². The lowest BCUT2D eigenvalue weighted by molar-refractivity contribution is 0.447. The number of aryl methyl sites for hydroxylation is 1. The van der Waals surface area contributed by atoms with Crippen molar-refractivity contribution >= 4 is 23.2 Å². The molecule has 104 valence electrons. The van der Waals surface area contributed by atoms with Crippen molar-refractivity contribution in [2.75, 3.05) is 0 Å². The van der Waals surface area contributed by atoms with E-state index < -0.39 is 0 Å². The van der Waals surface area contributed by atoms with Crippen molar-refractivity contribution in [2.24, 2.45) is 5.84 Å². The van der Waals surface area contributed by atoms with E-state index in [1.807, 2.05) is 24.4 Å². The Labute approximate surface area is 128 Å². The Hall–Kier alpha value is -1.13. The number of benzene rings is 1. The minimum absolute atomic E-state index is 0.0593. The Morgan fingerprint density at radius 1 is 1.30 bits per heavy atom. The van der Waals surface area contributed by atoms with E-state index in [-0.39, 0.29) is 12.0 Å². The monoisotopic (exact) mass is 307 g/mol. The van der Waals surface area contributed by atoms with Crippen LogP contribution in [0.3, 0.4) is 0 Å². The van der Waals surface area contributed by atoms with Crippen LogP contribution in [0, 0.1) is 0 Å².